The van der Waals surface area contributed by atoms with E-state index in [9.17, 15) is 14.4 Å². The fourth-order valence-corrected chi connectivity index (χ4v) is 9.38. The molecule has 72 heavy (non-hydrogen) atoms. The molecule has 0 fully saturated rings. The van der Waals surface area contributed by atoms with Crippen LogP contribution in [-0.2, 0) is 28.6 Å². The van der Waals surface area contributed by atoms with Crippen molar-refractivity contribution in [2.24, 2.45) is 0 Å². The van der Waals surface area contributed by atoms with E-state index in [4.69, 9.17) is 14.2 Å². The molecule has 0 saturated carbocycles. The molecule has 1 unspecified atom stereocenters. The molecule has 6 nitrogen and oxygen atoms in total. The summed E-state index contributed by atoms with van der Waals surface area (Å²) >= 11 is 0. The second kappa shape index (κ2) is 60.9. The van der Waals surface area contributed by atoms with Gasteiger partial charge in [-0.05, 0) is 57.8 Å². The predicted octanol–water partition coefficient (Wildman–Crippen LogP) is 21.4. The van der Waals surface area contributed by atoms with Gasteiger partial charge in [-0.15, -0.1) is 0 Å². The third-order valence-electron chi connectivity index (χ3n) is 14.1. The number of ether oxygens (including phenoxy) is 3. The van der Waals surface area contributed by atoms with Crippen LogP contribution in [0.25, 0.3) is 0 Å². The standard InChI is InChI=1S/C66H120O6/c1-4-7-10-13-15-17-19-21-23-25-27-29-31-32-33-35-36-38-40-42-44-46-48-50-53-56-59-65(68)71-62-63(61-70-64(67)58-55-52-12-9-6-3)72-66(69)60-57-54-51-49-47-45-43-41-39-37-34-30-28-26-24-22-20-18-16-14-11-8-5-2/h8,11,16,18,22,24,28,30,63H,4-7,9-10,12-15,17,19-21,23,25-27,29,31-62H2,1-3H3/b11-8-,18-16-,24-22-,30-28-. The van der Waals surface area contributed by atoms with Crippen molar-refractivity contribution in [3.8, 4) is 0 Å². The van der Waals surface area contributed by atoms with Crippen LogP contribution in [0.4, 0.5) is 0 Å². The smallest absolute Gasteiger partial charge is 0.306 e. The fraction of sp³-hybridized carbons (Fsp3) is 0.833. The Hall–Kier alpha value is -2.63. The minimum Gasteiger partial charge on any atom is -0.462 e. The summed E-state index contributed by atoms with van der Waals surface area (Å²) in [6.45, 7) is 6.49. The molecule has 0 aromatic heterocycles. The van der Waals surface area contributed by atoms with Crippen LogP contribution in [0.2, 0.25) is 0 Å². The maximum atomic E-state index is 12.8. The summed E-state index contributed by atoms with van der Waals surface area (Å²) in [5.41, 5.74) is 0. The fourth-order valence-electron chi connectivity index (χ4n) is 9.38. The Labute approximate surface area is 448 Å². The molecule has 1 atom stereocenters. The summed E-state index contributed by atoms with van der Waals surface area (Å²) in [6, 6.07) is 0. The monoisotopic (exact) mass is 1010 g/mol. The van der Waals surface area contributed by atoms with Crippen molar-refractivity contribution < 1.29 is 28.6 Å². The van der Waals surface area contributed by atoms with E-state index in [0.717, 1.165) is 89.9 Å². The van der Waals surface area contributed by atoms with Gasteiger partial charge in [-0.25, -0.2) is 0 Å². The normalized spacial score (nSPS) is 12.3. The topological polar surface area (TPSA) is 78.9 Å². The minimum absolute atomic E-state index is 0.0712. The van der Waals surface area contributed by atoms with Crippen molar-refractivity contribution in [2.75, 3.05) is 13.2 Å². The van der Waals surface area contributed by atoms with Gasteiger partial charge in [0.05, 0.1) is 0 Å². The number of rotatable bonds is 58. The molecule has 0 bridgehead atoms. The van der Waals surface area contributed by atoms with Crippen molar-refractivity contribution >= 4 is 17.9 Å². The van der Waals surface area contributed by atoms with E-state index < -0.39 is 6.10 Å². The molecule has 0 heterocycles. The van der Waals surface area contributed by atoms with Gasteiger partial charge >= 0.3 is 17.9 Å². The van der Waals surface area contributed by atoms with Crippen LogP contribution < -0.4 is 0 Å². The van der Waals surface area contributed by atoms with E-state index in [1.807, 2.05) is 0 Å². The SMILES string of the molecule is CC/C=C\C/C=C\C/C=C\C/C=C\CCCCCCCCCCCCC(=O)OC(COC(=O)CCCCCCC)COC(=O)CCCCCCCCCCCCCCCCCCCCCCCCCCCC. The lowest BCUT2D eigenvalue weighted by Crippen LogP contribution is -2.30. The summed E-state index contributed by atoms with van der Waals surface area (Å²) < 4.78 is 16.8. The number of esters is 3. The summed E-state index contributed by atoms with van der Waals surface area (Å²) in [6.07, 6.45) is 76.0. The molecule has 0 aromatic carbocycles. The van der Waals surface area contributed by atoms with E-state index in [-0.39, 0.29) is 31.1 Å². The number of carbonyl (C=O) groups is 3. The zero-order valence-corrected chi connectivity index (χ0v) is 48.2. The van der Waals surface area contributed by atoms with Gasteiger partial charge in [0, 0.05) is 19.3 Å². The summed E-state index contributed by atoms with van der Waals surface area (Å²) in [5.74, 6) is -0.872. The zero-order valence-electron chi connectivity index (χ0n) is 48.2. The van der Waals surface area contributed by atoms with E-state index in [1.165, 1.54) is 205 Å². The van der Waals surface area contributed by atoms with Crippen LogP contribution in [0.15, 0.2) is 48.6 Å². The van der Waals surface area contributed by atoms with E-state index in [1.54, 1.807) is 0 Å². The van der Waals surface area contributed by atoms with Gasteiger partial charge in [0.25, 0.3) is 0 Å². The quantitative estimate of drug-likeness (QED) is 0.0261. The number of carbonyl (C=O) groups excluding carboxylic acids is 3. The first kappa shape index (κ1) is 69.4. The molecule has 0 aliphatic carbocycles. The first-order valence-corrected chi connectivity index (χ1v) is 31.6. The first-order valence-electron chi connectivity index (χ1n) is 31.6. The molecular weight excluding hydrogens is 889 g/mol. The molecule has 0 spiro atoms. The van der Waals surface area contributed by atoms with Crippen molar-refractivity contribution in [3.05, 3.63) is 48.6 Å². The van der Waals surface area contributed by atoms with Gasteiger partial charge in [0.15, 0.2) is 6.10 Å². The second-order valence-corrected chi connectivity index (χ2v) is 21.3. The van der Waals surface area contributed by atoms with Crippen LogP contribution >= 0.6 is 0 Å². The third kappa shape index (κ3) is 58.3. The zero-order chi connectivity index (χ0) is 52.2. The lowest BCUT2D eigenvalue weighted by Gasteiger charge is -2.18. The average molecular weight is 1010 g/mol. The predicted molar refractivity (Wildman–Crippen MR) is 312 cm³/mol. The van der Waals surface area contributed by atoms with Gasteiger partial charge < -0.3 is 14.2 Å². The van der Waals surface area contributed by atoms with Gasteiger partial charge in [0.1, 0.15) is 13.2 Å². The van der Waals surface area contributed by atoms with Crippen LogP contribution in [0.1, 0.15) is 335 Å². The van der Waals surface area contributed by atoms with Gasteiger partial charge in [-0.2, -0.15) is 0 Å². The molecule has 6 heteroatoms. The highest BCUT2D eigenvalue weighted by atomic mass is 16.6. The van der Waals surface area contributed by atoms with Gasteiger partial charge in [-0.3, -0.25) is 14.4 Å². The van der Waals surface area contributed by atoms with Gasteiger partial charge in [0.2, 0.25) is 0 Å². The van der Waals surface area contributed by atoms with E-state index in [0.29, 0.717) is 19.3 Å². The van der Waals surface area contributed by atoms with Crippen LogP contribution in [0, 0.1) is 0 Å². The van der Waals surface area contributed by atoms with E-state index in [2.05, 4.69) is 69.4 Å². The largest absolute Gasteiger partial charge is 0.462 e. The Morgan fingerprint density at radius 3 is 0.847 bits per heavy atom. The molecule has 0 saturated heterocycles. The molecule has 0 aliphatic heterocycles. The summed E-state index contributed by atoms with van der Waals surface area (Å²) in [4.78, 5) is 37.9. The molecule has 0 N–H and O–H groups in total. The Balaban J connectivity index is 4.00. The number of unbranched alkanes of at least 4 members (excludes halogenated alkanes) is 39. The Morgan fingerprint density at radius 2 is 0.542 bits per heavy atom. The van der Waals surface area contributed by atoms with Crippen molar-refractivity contribution in [1.82, 2.24) is 0 Å². The summed E-state index contributed by atoms with van der Waals surface area (Å²) in [7, 11) is 0. The average Bonchev–Trinajstić information content (AvgIpc) is 3.38. The van der Waals surface area contributed by atoms with Crippen LogP contribution in [0.3, 0.4) is 0 Å². The maximum absolute atomic E-state index is 12.8. The molecule has 0 rings (SSSR count). The second-order valence-electron chi connectivity index (χ2n) is 21.3. The highest BCUT2D eigenvalue weighted by molar-refractivity contribution is 5.71. The maximum Gasteiger partial charge on any atom is 0.306 e. The third-order valence-corrected chi connectivity index (χ3v) is 14.1. The van der Waals surface area contributed by atoms with Crippen LogP contribution in [0.5, 0.6) is 0 Å². The lowest BCUT2D eigenvalue weighted by atomic mass is 10.0. The van der Waals surface area contributed by atoms with E-state index >= 15 is 0 Å². The van der Waals surface area contributed by atoms with Crippen molar-refractivity contribution in [2.45, 2.75) is 341 Å². The molecule has 0 amide bonds. The molecular formula is C66H120O6. The highest BCUT2D eigenvalue weighted by Gasteiger charge is 2.19. The number of hydrogen-bond donors (Lipinski definition) is 0. The van der Waals surface area contributed by atoms with Gasteiger partial charge in [-0.1, -0.05) is 307 Å². The Morgan fingerprint density at radius 1 is 0.292 bits per heavy atom. The Kier molecular flexibility index (Phi) is 58.7. The summed E-state index contributed by atoms with van der Waals surface area (Å²) in [5, 5.41) is 0. The highest BCUT2D eigenvalue weighted by Crippen LogP contribution is 2.18. The molecule has 0 aliphatic rings. The number of hydrogen-bond acceptors (Lipinski definition) is 6. The molecule has 0 radical (unpaired) electrons. The van der Waals surface area contributed by atoms with Crippen molar-refractivity contribution in [1.29, 1.82) is 0 Å². The Bertz CT molecular complexity index is 1250. The number of allylic oxidation sites excluding steroid dienone is 8. The molecule has 0 aromatic rings. The lowest BCUT2D eigenvalue weighted by molar-refractivity contribution is -0.167. The minimum atomic E-state index is -0.770. The molecule has 420 valence electrons. The van der Waals surface area contributed by atoms with Crippen LogP contribution in [-0.4, -0.2) is 37.2 Å². The van der Waals surface area contributed by atoms with Crippen molar-refractivity contribution in [3.63, 3.8) is 0 Å². The first-order chi connectivity index (χ1) is 35.5.